The van der Waals surface area contributed by atoms with Crippen LogP contribution in [0.15, 0.2) is 48.7 Å². The third-order valence-electron chi connectivity index (χ3n) is 8.00. The van der Waals surface area contributed by atoms with Crippen LogP contribution in [0.5, 0.6) is 5.75 Å². The fourth-order valence-electron chi connectivity index (χ4n) is 5.50. The van der Waals surface area contributed by atoms with Crippen molar-refractivity contribution in [3.8, 4) is 17.0 Å². The quantitative estimate of drug-likeness (QED) is 0.327. The van der Waals surface area contributed by atoms with E-state index in [0.717, 1.165) is 35.3 Å². The number of benzene rings is 2. The van der Waals surface area contributed by atoms with Crippen LogP contribution in [-0.2, 0) is 16.1 Å². The van der Waals surface area contributed by atoms with Gasteiger partial charge in [0.1, 0.15) is 11.8 Å². The average molecular weight is 607 g/mol. The van der Waals surface area contributed by atoms with Gasteiger partial charge in [-0.2, -0.15) is 0 Å². The number of halogens is 1. The Morgan fingerprint density at radius 1 is 1.21 bits per heavy atom. The monoisotopic (exact) mass is 606 g/mol. The SMILES string of the molecule is COc1cccc(C(C)NC(=O)C(CCN(C)C)N2Cc3ccc(-c4nc(NC5CCOCC5)ncc4Cl)cc3C2=O)c1. The fourth-order valence-corrected chi connectivity index (χ4v) is 5.70. The molecule has 0 saturated carbocycles. The number of nitrogens with one attached hydrogen (secondary N) is 2. The number of nitrogens with zero attached hydrogens (tertiary/aromatic N) is 4. The van der Waals surface area contributed by atoms with Crippen LogP contribution in [0.2, 0.25) is 5.02 Å². The van der Waals surface area contributed by atoms with Gasteiger partial charge in [-0.15, -0.1) is 0 Å². The molecule has 0 bridgehead atoms. The van der Waals surface area contributed by atoms with Gasteiger partial charge in [-0.3, -0.25) is 9.59 Å². The van der Waals surface area contributed by atoms with Crippen molar-refractivity contribution >= 4 is 29.4 Å². The lowest BCUT2D eigenvalue weighted by Gasteiger charge is -2.29. The number of amides is 2. The first-order chi connectivity index (χ1) is 20.7. The lowest BCUT2D eigenvalue weighted by molar-refractivity contribution is -0.126. The minimum absolute atomic E-state index is 0.185. The van der Waals surface area contributed by atoms with Crippen molar-refractivity contribution in [1.29, 1.82) is 0 Å². The number of carbonyl (C=O) groups excluding carboxylic acids is 2. The molecular weight excluding hydrogens is 568 g/mol. The number of ether oxygens (including phenoxy) is 2. The zero-order valence-corrected chi connectivity index (χ0v) is 25.9. The molecule has 43 heavy (non-hydrogen) atoms. The number of rotatable bonds is 11. The molecule has 2 atom stereocenters. The van der Waals surface area contributed by atoms with Crippen LogP contribution in [0.1, 0.15) is 53.7 Å². The highest BCUT2D eigenvalue weighted by molar-refractivity contribution is 6.33. The molecule has 1 saturated heterocycles. The Bertz CT molecular complexity index is 1460. The minimum atomic E-state index is -0.642. The number of fused-ring (bicyclic) bond motifs is 1. The average Bonchev–Trinajstić information content (AvgIpc) is 3.33. The summed E-state index contributed by atoms with van der Waals surface area (Å²) in [5, 5.41) is 6.90. The van der Waals surface area contributed by atoms with Gasteiger partial charge in [-0.1, -0.05) is 35.9 Å². The van der Waals surface area contributed by atoms with E-state index in [1.165, 1.54) is 0 Å². The molecule has 5 rings (SSSR count). The zero-order chi connectivity index (χ0) is 30.5. The molecule has 0 radical (unpaired) electrons. The van der Waals surface area contributed by atoms with Gasteiger partial charge in [0.15, 0.2) is 0 Å². The first kappa shape index (κ1) is 30.7. The molecule has 11 heteroatoms. The molecule has 2 aromatic carbocycles. The predicted octanol–water partition coefficient (Wildman–Crippen LogP) is 4.55. The normalized spacial score (nSPS) is 16.6. The Hall–Kier alpha value is -3.73. The summed E-state index contributed by atoms with van der Waals surface area (Å²) in [7, 11) is 5.53. The lowest BCUT2D eigenvalue weighted by atomic mass is 10.0. The third-order valence-corrected chi connectivity index (χ3v) is 8.27. The van der Waals surface area contributed by atoms with Gasteiger partial charge in [0, 0.05) is 36.9 Å². The first-order valence-electron chi connectivity index (χ1n) is 14.6. The highest BCUT2D eigenvalue weighted by Crippen LogP contribution is 2.33. The van der Waals surface area contributed by atoms with Crippen molar-refractivity contribution in [1.82, 2.24) is 25.1 Å². The molecule has 2 aliphatic heterocycles. The van der Waals surface area contributed by atoms with E-state index >= 15 is 0 Å². The van der Waals surface area contributed by atoms with Crippen molar-refractivity contribution in [2.75, 3.05) is 46.3 Å². The maximum Gasteiger partial charge on any atom is 0.255 e. The summed E-state index contributed by atoms with van der Waals surface area (Å²) in [4.78, 5) is 40.3. The molecule has 3 aromatic rings. The fraction of sp³-hybridized carbons (Fsp3) is 0.438. The molecule has 0 spiro atoms. The van der Waals surface area contributed by atoms with Crippen LogP contribution in [0.4, 0.5) is 5.95 Å². The van der Waals surface area contributed by atoms with E-state index in [0.29, 0.717) is 55.0 Å². The molecule has 1 fully saturated rings. The van der Waals surface area contributed by atoms with Gasteiger partial charge in [-0.05, 0) is 76.2 Å². The summed E-state index contributed by atoms with van der Waals surface area (Å²) in [6.45, 7) is 4.33. The second-order valence-electron chi connectivity index (χ2n) is 11.3. The van der Waals surface area contributed by atoms with E-state index in [4.69, 9.17) is 26.1 Å². The summed E-state index contributed by atoms with van der Waals surface area (Å²) in [6.07, 6.45) is 3.84. The number of hydrogen-bond donors (Lipinski definition) is 2. The molecule has 0 aliphatic carbocycles. The van der Waals surface area contributed by atoms with Crippen molar-refractivity contribution in [3.05, 3.63) is 70.4 Å². The van der Waals surface area contributed by atoms with E-state index in [-0.39, 0.29) is 23.9 Å². The summed E-state index contributed by atoms with van der Waals surface area (Å²) in [6, 6.07) is 12.6. The van der Waals surface area contributed by atoms with Gasteiger partial charge < -0.3 is 29.9 Å². The van der Waals surface area contributed by atoms with Gasteiger partial charge in [0.25, 0.3) is 5.91 Å². The van der Waals surface area contributed by atoms with Crippen LogP contribution in [0.3, 0.4) is 0 Å². The maximum absolute atomic E-state index is 13.9. The molecule has 2 unspecified atom stereocenters. The Balaban J connectivity index is 1.35. The zero-order valence-electron chi connectivity index (χ0n) is 25.1. The summed E-state index contributed by atoms with van der Waals surface area (Å²) < 4.78 is 10.8. The molecule has 10 nitrogen and oxygen atoms in total. The van der Waals surface area contributed by atoms with E-state index in [2.05, 4.69) is 15.6 Å². The molecule has 2 amide bonds. The molecule has 2 N–H and O–H groups in total. The van der Waals surface area contributed by atoms with Crippen LogP contribution in [0, 0.1) is 0 Å². The lowest BCUT2D eigenvalue weighted by Crippen LogP contribution is -2.48. The number of aromatic nitrogens is 2. The van der Waals surface area contributed by atoms with E-state index in [9.17, 15) is 9.59 Å². The van der Waals surface area contributed by atoms with Crippen LogP contribution >= 0.6 is 11.6 Å². The molecular formula is C32H39ClN6O4. The number of anilines is 1. The van der Waals surface area contributed by atoms with Crippen molar-refractivity contribution in [2.45, 2.75) is 50.9 Å². The summed E-state index contributed by atoms with van der Waals surface area (Å²) in [5.41, 5.74) is 3.61. The standard InChI is InChI=1S/C32H39ClN6O4/c1-20(21-6-5-7-25(16-21)42-4)35-30(40)28(10-13-38(2)3)39-19-23-9-8-22(17-26(23)31(39)41)29-27(33)18-34-32(37-29)36-24-11-14-43-15-12-24/h5-9,16-18,20,24,28H,10-15,19H2,1-4H3,(H,35,40)(H,34,36,37). The molecule has 228 valence electrons. The minimum Gasteiger partial charge on any atom is -0.497 e. The Kier molecular flexibility index (Phi) is 9.79. The smallest absolute Gasteiger partial charge is 0.255 e. The second kappa shape index (κ2) is 13.7. The van der Waals surface area contributed by atoms with Crippen molar-refractivity contribution in [2.24, 2.45) is 0 Å². The van der Waals surface area contributed by atoms with Crippen molar-refractivity contribution < 1.29 is 19.1 Å². The predicted molar refractivity (Wildman–Crippen MR) is 166 cm³/mol. The number of carbonyl (C=O) groups is 2. The third kappa shape index (κ3) is 7.26. The Labute approximate surface area is 257 Å². The van der Waals surface area contributed by atoms with Crippen LogP contribution in [-0.4, -0.2) is 84.6 Å². The summed E-state index contributed by atoms with van der Waals surface area (Å²) >= 11 is 6.54. The topological polar surface area (TPSA) is 109 Å². The molecule has 2 aliphatic rings. The maximum atomic E-state index is 13.9. The Morgan fingerprint density at radius 3 is 2.74 bits per heavy atom. The van der Waals surface area contributed by atoms with Gasteiger partial charge in [0.05, 0.1) is 30.1 Å². The van der Waals surface area contributed by atoms with E-state index in [1.807, 2.05) is 68.4 Å². The van der Waals surface area contributed by atoms with Crippen LogP contribution in [0.25, 0.3) is 11.3 Å². The molecule has 1 aromatic heterocycles. The first-order valence-corrected chi connectivity index (χ1v) is 15.0. The van der Waals surface area contributed by atoms with Crippen molar-refractivity contribution in [3.63, 3.8) is 0 Å². The highest BCUT2D eigenvalue weighted by Gasteiger charge is 2.37. The highest BCUT2D eigenvalue weighted by atomic mass is 35.5. The second-order valence-corrected chi connectivity index (χ2v) is 11.7. The van der Waals surface area contributed by atoms with Gasteiger partial charge in [-0.25, -0.2) is 9.97 Å². The van der Waals surface area contributed by atoms with E-state index in [1.54, 1.807) is 18.2 Å². The number of methoxy groups -OCH3 is 1. The van der Waals surface area contributed by atoms with Crippen LogP contribution < -0.4 is 15.4 Å². The van der Waals surface area contributed by atoms with Gasteiger partial charge in [0.2, 0.25) is 11.9 Å². The van der Waals surface area contributed by atoms with Gasteiger partial charge >= 0.3 is 0 Å². The number of hydrogen-bond acceptors (Lipinski definition) is 8. The molecule has 3 heterocycles. The summed E-state index contributed by atoms with van der Waals surface area (Å²) in [5.74, 6) is 0.834. The Morgan fingerprint density at radius 2 is 2.00 bits per heavy atom. The van der Waals surface area contributed by atoms with E-state index < -0.39 is 6.04 Å². The largest absolute Gasteiger partial charge is 0.497 e.